The Morgan fingerprint density at radius 2 is 1.07 bits per heavy atom. The van der Waals surface area contributed by atoms with E-state index in [0.717, 1.165) is 38.8 Å². The second-order valence-corrected chi connectivity index (χ2v) is 7.27. The van der Waals surface area contributed by atoms with Crippen LogP contribution < -0.4 is 0 Å². The number of hydrogen-bond acceptors (Lipinski definition) is 6. The summed E-state index contributed by atoms with van der Waals surface area (Å²) in [6, 6.07) is 6.39. The summed E-state index contributed by atoms with van der Waals surface area (Å²) >= 11 is 0. The van der Waals surface area contributed by atoms with Crippen molar-refractivity contribution in [1.29, 1.82) is 0 Å². The molecule has 0 N–H and O–H groups in total. The third kappa shape index (κ3) is 9.85. The summed E-state index contributed by atoms with van der Waals surface area (Å²) in [7, 11) is 3.86. The molecular weight excluding hydrogens is 356 g/mol. The number of unbranched alkanes of at least 4 members (excludes halogenated alkanes) is 4. The number of benzene rings is 1. The second kappa shape index (κ2) is 14.1. The average Bonchev–Trinajstić information content (AvgIpc) is 2.70. The van der Waals surface area contributed by atoms with Crippen molar-refractivity contribution >= 4 is 11.9 Å². The van der Waals surface area contributed by atoms with E-state index in [4.69, 9.17) is 9.47 Å². The van der Waals surface area contributed by atoms with Gasteiger partial charge in [-0.1, -0.05) is 39.5 Å². The van der Waals surface area contributed by atoms with Crippen molar-refractivity contribution in [1.82, 2.24) is 9.80 Å². The van der Waals surface area contributed by atoms with Gasteiger partial charge in [0.2, 0.25) is 0 Å². The predicted molar refractivity (Wildman–Crippen MR) is 111 cm³/mol. The van der Waals surface area contributed by atoms with Gasteiger partial charge in [-0.25, -0.2) is 9.59 Å². The van der Waals surface area contributed by atoms with Crippen LogP contribution in [0.25, 0.3) is 0 Å². The predicted octanol–water partition coefficient (Wildman–Crippen LogP) is 4.16. The lowest BCUT2D eigenvalue weighted by Crippen LogP contribution is -2.25. The highest BCUT2D eigenvalue weighted by Crippen LogP contribution is 2.08. The van der Waals surface area contributed by atoms with E-state index in [1.165, 1.54) is 12.8 Å². The topological polar surface area (TPSA) is 59.1 Å². The highest BCUT2D eigenvalue weighted by atomic mass is 16.5. The molecule has 0 heterocycles. The van der Waals surface area contributed by atoms with Gasteiger partial charge in [-0.2, -0.15) is 0 Å². The largest absolute Gasteiger partial charge is 0.446 e. The Labute approximate surface area is 169 Å². The zero-order valence-corrected chi connectivity index (χ0v) is 17.9. The smallest absolute Gasteiger partial charge is 0.339 e. The highest BCUT2D eigenvalue weighted by molar-refractivity contribution is 5.93. The van der Waals surface area contributed by atoms with Crippen LogP contribution in [0.3, 0.4) is 0 Å². The summed E-state index contributed by atoms with van der Waals surface area (Å²) in [5.74, 6) is -0.782. The zero-order chi connectivity index (χ0) is 20.8. The van der Waals surface area contributed by atoms with E-state index in [2.05, 4.69) is 13.8 Å². The van der Waals surface area contributed by atoms with Crippen molar-refractivity contribution in [3.05, 3.63) is 35.4 Å². The number of carbonyl (C=O) groups excluding carboxylic acids is 2. The third-order valence-corrected chi connectivity index (χ3v) is 4.48. The van der Waals surface area contributed by atoms with Gasteiger partial charge in [0.15, 0.2) is 0 Å². The van der Waals surface area contributed by atoms with Gasteiger partial charge in [-0.15, -0.1) is 0 Å². The Kier molecular flexibility index (Phi) is 12.2. The van der Waals surface area contributed by atoms with E-state index in [9.17, 15) is 9.59 Å². The van der Waals surface area contributed by atoms with Crippen LogP contribution >= 0.6 is 0 Å². The molecular formula is C22H36N2O4. The molecule has 0 spiro atoms. The molecule has 1 rings (SSSR count). The molecule has 0 aromatic heterocycles. The molecule has 0 saturated carbocycles. The van der Waals surface area contributed by atoms with Gasteiger partial charge in [0.05, 0.1) is 11.1 Å². The summed E-state index contributed by atoms with van der Waals surface area (Å²) in [6.45, 7) is 6.64. The highest BCUT2D eigenvalue weighted by Gasteiger charge is 2.12. The number of nitrogens with zero attached hydrogens (tertiary/aromatic N) is 2. The van der Waals surface area contributed by atoms with E-state index in [1.807, 2.05) is 23.9 Å². The first-order chi connectivity index (χ1) is 13.5. The molecule has 0 fully saturated rings. The number of esters is 2. The normalized spacial score (nSPS) is 11.1. The van der Waals surface area contributed by atoms with Crippen LogP contribution in [0.4, 0.5) is 0 Å². The van der Waals surface area contributed by atoms with Crippen molar-refractivity contribution in [2.24, 2.45) is 0 Å². The maximum atomic E-state index is 12.1. The van der Waals surface area contributed by atoms with Crippen molar-refractivity contribution in [3.63, 3.8) is 0 Å². The van der Waals surface area contributed by atoms with Gasteiger partial charge in [-0.3, -0.25) is 9.80 Å². The number of carbonyl (C=O) groups is 2. The third-order valence-electron chi connectivity index (χ3n) is 4.48. The van der Waals surface area contributed by atoms with Crippen LogP contribution in [0.5, 0.6) is 0 Å². The number of hydrogen-bond donors (Lipinski definition) is 0. The zero-order valence-electron chi connectivity index (χ0n) is 17.9. The Morgan fingerprint density at radius 1 is 0.714 bits per heavy atom. The Morgan fingerprint density at radius 3 is 1.39 bits per heavy atom. The molecule has 0 aliphatic heterocycles. The molecule has 28 heavy (non-hydrogen) atoms. The maximum Gasteiger partial charge on any atom is 0.339 e. The second-order valence-electron chi connectivity index (χ2n) is 7.27. The molecule has 1 aromatic rings. The Balaban J connectivity index is 2.38. The molecule has 0 bridgehead atoms. The molecule has 0 unspecified atom stereocenters. The van der Waals surface area contributed by atoms with Crippen LogP contribution in [-0.4, -0.2) is 62.4 Å². The SMILES string of the molecule is CCCCCN(C)COC(=O)c1ccc(C(=O)OCN(C)CCCCC)cc1. The Bertz CT molecular complexity index is 523. The fraction of sp³-hybridized carbons (Fsp3) is 0.636. The van der Waals surface area contributed by atoms with E-state index >= 15 is 0 Å². The number of rotatable bonds is 14. The summed E-state index contributed by atoms with van der Waals surface area (Å²) in [5.41, 5.74) is 0.852. The summed E-state index contributed by atoms with van der Waals surface area (Å²) in [4.78, 5) is 28.2. The van der Waals surface area contributed by atoms with Gasteiger partial charge in [0.25, 0.3) is 0 Å². The first-order valence-corrected chi connectivity index (χ1v) is 10.3. The minimum absolute atomic E-state index is 0.261. The Hall–Kier alpha value is -1.92. The lowest BCUT2D eigenvalue weighted by Gasteiger charge is -2.17. The van der Waals surface area contributed by atoms with Crippen LogP contribution in [-0.2, 0) is 9.47 Å². The van der Waals surface area contributed by atoms with Crippen LogP contribution in [0.2, 0.25) is 0 Å². The quantitative estimate of drug-likeness (QED) is 0.269. The van der Waals surface area contributed by atoms with Crippen molar-refractivity contribution < 1.29 is 19.1 Å². The molecule has 158 valence electrons. The van der Waals surface area contributed by atoms with E-state index < -0.39 is 11.9 Å². The van der Waals surface area contributed by atoms with Gasteiger partial charge in [0.1, 0.15) is 13.5 Å². The van der Waals surface area contributed by atoms with Gasteiger partial charge in [-0.05, 0) is 51.2 Å². The molecule has 0 amide bonds. The molecule has 0 radical (unpaired) electrons. The molecule has 0 atom stereocenters. The summed E-state index contributed by atoms with van der Waals surface area (Å²) < 4.78 is 10.6. The lowest BCUT2D eigenvalue weighted by atomic mass is 10.1. The minimum Gasteiger partial charge on any atom is -0.446 e. The standard InChI is InChI=1S/C22H36N2O4/c1-5-7-9-15-23(3)17-27-21(25)19-11-13-20(14-12-19)22(26)28-18-24(4)16-10-8-6-2/h11-14H,5-10,15-18H2,1-4H3. The minimum atomic E-state index is -0.391. The first kappa shape index (κ1) is 24.1. The first-order valence-electron chi connectivity index (χ1n) is 10.3. The van der Waals surface area contributed by atoms with Gasteiger partial charge in [0, 0.05) is 13.1 Å². The van der Waals surface area contributed by atoms with E-state index in [1.54, 1.807) is 24.3 Å². The van der Waals surface area contributed by atoms with E-state index in [0.29, 0.717) is 11.1 Å². The molecule has 0 aliphatic carbocycles. The van der Waals surface area contributed by atoms with Crippen LogP contribution in [0, 0.1) is 0 Å². The molecule has 0 saturated heterocycles. The fourth-order valence-corrected chi connectivity index (χ4v) is 2.64. The van der Waals surface area contributed by atoms with Crippen LogP contribution in [0.1, 0.15) is 73.1 Å². The molecule has 1 aromatic carbocycles. The summed E-state index contributed by atoms with van der Waals surface area (Å²) in [5, 5.41) is 0. The lowest BCUT2D eigenvalue weighted by molar-refractivity contribution is 0.0258. The van der Waals surface area contributed by atoms with Crippen molar-refractivity contribution in [2.45, 2.75) is 52.4 Å². The molecule has 6 heteroatoms. The maximum absolute atomic E-state index is 12.1. The van der Waals surface area contributed by atoms with E-state index in [-0.39, 0.29) is 13.5 Å². The van der Waals surface area contributed by atoms with Crippen molar-refractivity contribution in [2.75, 3.05) is 40.6 Å². The molecule has 6 nitrogen and oxygen atoms in total. The van der Waals surface area contributed by atoms with Crippen LogP contribution in [0.15, 0.2) is 24.3 Å². The van der Waals surface area contributed by atoms with Gasteiger partial charge >= 0.3 is 11.9 Å². The van der Waals surface area contributed by atoms with Crippen molar-refractivity contribution in [3.8, 4) is 0 Å². The fourth-order valence-electron chi connectivity index (χ4n) is 2.64. The van der Waals surface area contributed by atoms with Gasteiger partial charge < -0.3 is 9.47 Å². The monoisotopic (exact) mass is 392 g/mol. The average molecular weight is 393 g/mol. The summed E-state index contributed by atoms with van der Waals surface area (Å²) in [6.07, 6.45) is 6.86. The molecule has 0 aliphatic rings. The number of ether oxygens (including phenoxy) is 2.